The molecule has 1 aromatic rings. The van der Waals surface area contributed by atoms with E-state index in [9.17, 15) is 4.79 Å². The van der Waals surface area contributed by atoms with Crippen LogP contribution in [0.5, 0.6) is 0 Å². The van der Waals surface area contributed by atoms with Crippen molar-refractivity contribution >= 4 is 11.6 Å². The molecule has 0 spiro atoms. The Balaban J connectivity index is 1.99. The maximum absolute atomic E-state index is 12.0. The van der Waals surface area contributed by atoms with Gasteiger partial charge in [-0.15, -0.1) is 0 Å². The van der Waals surface area contributed by atoms with E-state index in [0.717, 1.165) is 30.5 Å². The summed E-state index contributed by atoms with van der Waals surface area (Å²) >= 11 is 0. The molecular weight excluding hydrogens is 240 g/mol. The molecule has 0 aliphatic carbocycles. The van der Waals surface area contributed by atoms with Gasteiger partial charge in [0.15, 0.2) is 0 Å². The number of hydrogen-bond donors (Lipinski definition) is 2. The maximum atomic E-state index is 12.0. The van der Waals surface area contributed by atoms with Gasteiger partial charge in [0.05, 0.1) is 6.54 Å². The van der Waals surface area contributed by atoms with E-state index in [2.05, 4.69) is 17.2 Å². The summed E-state index contributed by atoms with van der Waals surface area (Å²) in [7, 11) is 0. The lowest BCUT2D eigenvalue weighted by Gasteiger charge is -2.21. The molecular formula is C15H18N2O2. The van der Waals surface area contributed by atoms with Crippen LogP contribution in [0.1, 0.15) is 24.8 Å². The van der Waals surface area contributed by atoms with Crippen LogP contribution in [0, 0.1) is 11.8 Å². The molecule has 1 aliphatic rings. The second kappa shape index (κ2) is 6.93. The second-order valence-corrected chi connectivity index (χ2v) is 4.43. The molecule has 0 aromatic heterocycles. The van der Waals surface area contributed by atoms with Gasteiger partial charge < -0.3 is 15.8 Å². The van der Waals surface area contributed by atoms with E-state index >= 15 is 0 Å². The van der Waals surface area contributed by atoms with Crippen molar-refractivity contribution in [2.75, 3.05) is 18.5 Å². The molecule has 1 unspecified atom stereocenters. The number of rotatable bonds is 2. The van der Waals surface area contributed by atoms with Gasteiger partial charge in [0.2, 0.25) is 0 Å². The summed E-state index contributed by atoms with van der Waals surface area (Å²) < 4.78 is 5.45. The summed E-state index contributed by atoms with van der Waals surface area (Å²) in [6, 6.07) is 7.42. The zero-order valence-corrected chi connectivity index (χ0v) is 10.8. The summed E-state index contributed by atoms with van der Waals surface area (Å²) in [6.07, 6.45) is 2.54. The first-order valence-electron chi connectivity index (χ1n) is 6.51. The van der Waals surface area contributed by atoms with E-state index in [1.807, 2.05) is 24.3 Å². The minimum atomic E-state index is -0.326. The van der Waals surface area contributed by atoms with Gasteiger partial charge in [0, 0.05) is 17.9 Å². The number of amides is 1. The van der Waals surface area contributed by atoms with E-state index in [4.69, 9.17) is 10.5 Å². The summed E-state index contributed by atoms with van der Waals surface area (Å²) in [4.78, 5) is 12.0. The highest BCUT2D eigenvalue weighted by Crippen LogP contribution is 2.16. The minimum absolute atomic E-state index is 0.0800. The van der Waals surface area contributed by atoms with Gasteiger partial charge in [-0.25, -0.2) is 0 Å². The van der Waals surface area contributed by atoms with E-state index < -0.39 is 0 Å². The highest BCUT2D eigenvalue weighted by atomic mass is 16.5. The van der Waals surface area contributed by atoms with Gasteiger partial charge >= 0.3 is 0 Å². The number of benzene rings is 1. The lowest BCUT2D eigenvalue weighted by Crippen LogP contribution is -2.33. The molecule has 0 radical (unpaired) electrons. The molecule has 0 saturated carbocycles. The van der Waals surface area contributed by atoms with Crippen LogP contribution in [-0.4, -0.2) is 25.2 Å². The van der Waals surface area contributed by atoms with Crippen molar-refractivity contribution in [3.05, 3.63) is 29.8 Å². The Morgan fingerprint density at radius 2 is 2.37 bits per heavy atom. The largest absolute Gasteiger partial charge is 0.368 e. The van der Waals surface area contributed by atoms with Crippen LogP contribution in [0.4, 0.5) is 5.69 Å². The molecule has 1 aliphatic heterocycles. The Kier molecular flexibility index (Phi) is 4.96. The Labute approximate surface area is 113 Å². The number of ether oxygens (including phenoxy) is 1. The van der Waals surface area contributed by atoms with Crippen LogP contribution in [0.2, 0.25) is 0 Å². The van der Waals surface area contributed by atoms with E-state index in [1.54, 1.807) is 0 Å². The van der Waals surface area contributed by atoms with Crippen LogP contribution < -0.4 is 11.1 Å². The third kappa shape index (κ3) is 4.09. The van der Waals surface area contributed by atoms with E-state index in [1.165, 1.54) is 0 Å². The number of nitrogens with one attached hydrogen (secondary N) is 1. The van der Waals surface area contributed by atoms with Gasteiger partial charge in [0.1, 0.15) is 6.10 Å². The quantitative estimate of drug-likeness (QED) is 0.790. The maximum Gasteiger partial charge on any atom is 0.253 e. The van der Waals surface area contributed by atoms with Gasteiger partial charge in [0.25, 0.3) is 5.91 Å². The zero-order chi connectivity index (χ0) is 13.5. The fourth-order valence-corrected chi connectivity index (χ4v) is 2.00. The predicted molar refractivity (Wildman–Crippen MR) is 74.6 cm³/mol. The van der Waals surface area contributed by atoms with Crippen molar-refractivity contribution in [2.45, 2.75) is 25.4 Å². The van der Waals surface area contributed by atoms with Crippen molar-refractivity contribution in [2.24, 2.45) is 5.73 Å². The first-order chi connectivity index (χ1) is 9.29. The van der Waals surface area contributed by atoms with Crippen molar-refractivity contribution in [1.82, 2.24) is 0 Å². The Morgan fingerprint density at radius 3 is 3.11 bits per heavy atom. The Bertz CT molecular complexity index is 496. The summed E-state index contributed by atoms with van der Waals surface area (Å²) in [6.45, 7) is 0.993. The predicted octanol–water partition coefficient (Wildman–Crippen LogP) is 1.50. The summed E-state index contributed by atoms with van der Waals surface area (Å²) in [5, 5.41) is 2.87. The molecule has 1 heterocycles. The standard InChI is InChI=1S/C15H18N2O2/c16-9-4-6-12-5-3-7-13(11-12)17-15(18)14-8-1-2-10-19-14/h3,5,7,11,14H,1-2,8-10,16H2,(H,17,18). The van der Waals surface area contributed by atoms with Crippen molar-refractivity contribution < 1.29 is 9.53 Å². The topological polar surface area (TPSA) is 64.3 Å². The average Bonchev–Trinajstić information content (AvgIpc) is 2.46. The molecule has 19 heavy (non-hydrogen) atoms. The number of carbonyl (C=O) groups is 1. The zero-order valence-electron chi connectivity index (χ0n) is 10.8. The molecule has 2 rings (SSSR count). The highest BCUT2D eigenvalue weighted by molar-refractivity contribution is 5.94. The van der Waals surface area contributed by atoms with E-state index in [-0.39, 0.29) is 12.0 Å². The fourth-order valence-electron chi connectivity index (χ4n) is 2.00. The molecule has 100 valence electrons. The number of nitrogens with two attached hydrogens (primary N) is 1. The van der Waals surface area contributed by atoms with Crippen LogP contribution in [0.3, 0.4) is 0 Å². The van der Waals surface area contributed by atoms with Gasteiger partial charge in [-0.05, 0) is 37.5 Å². The molecule has 1 fully saturated rings. The first kappa shape index (κ1) is 13.6. The molecule has 1 aromatic carbocycles. The monoisotopic (exact) mass is 258 g/mol. The first-order valence-corrected chi connectivity index (χ1v) is 6.51. The smallest absolute Gasteiger partial charge is 0.253 e. The van der Waals surface area contributed by atoms with E-state index in [0.29, 0.717) is 13.2 Å². The number of anilines is 1. The molecule has 1 saturated heterocycles. The molecule has 3 N–H and O–H groups in total. The summed E-state index contributed by atoms with van der Waals surface area (Å²) in [5.41, 5.74) is 6.91. The van der Waals surface area contributed by atoms with Crippen LogP contribution >= 0.6 is 0 Å². The lowest BCUT2D eigenvalue weighted by atomic mass is 10.1. The summed E-state index contributed by atoms with van der Waals surface area (Å²) in [5.74, 6) is 5.65. The molecule has 4 nitrogen and oxygen atoms in total. The van der Waals surface area contributed by atoms with Crippen LogP contribution in [0.25, 0.3) is 0 Å². The van der Waals surface area contributed by atoms with Crippen molar-refractivity contribution in [3.63, 3.8) is 0 Å². The van der Waals surface area contributed by atoms with Crippen molar-refractivity contribution in [1.29, 1.82) is 0 Å². The minimum Gasteiger partial charge on any atom is -0.368 e. The second-order valence-electron chi connectivity index (χ2n) is 4.43. The fraction of sp³-hybridized carbons (Fsp3) is 0.400. The third-order valence-electron chi connectivity index (χ3n) is 2.94. The molecule has 4 heteroatoms. The van der Waals surface area contributed by atoms with Gasteiger partial charge in [-0.2, -0.15) is 0 Å². The average molecular weight is 258 g/mol. The lowest BCUT2D eigenvalue weighted by molar-refractivity contribution is -0.129. The normalized spacial score (nSPS) is 18.3. The van der Waals surface area contributed by atoms with Crippen molar-refractivity contribution in [3.8, 4) is 11.8 Å². The SMILES string of the molecule is NCC#Cc1cccc(NC(=O)C2CCCCO2)c1. The van der Waals surface area contributed by atoms with Gasteiger partial charge in [-0.1, -0.05) is 17.9 Å². The Hall–Kier alpha value is -1.83. The van der Waals surface area contributed by atoms with Crippen LogP contribution in [0.15, 0.2) is 24.3 Å². The molecule has 1 atom stereocenters. The number of hydrogen-bond acceptors (Lipinski definition) is 3. The van der Waals surface area contributed by atoms with Gasteiger partial charge in [-0.3, -0.25) is 4.79 Å². The van der Waals surface area contributed by atoms with Crippen LogP contribution in [-0.2, 0) is 9.53 Å². The third-order valence-corrected chi connectivity index (χ3v) is 2.94. The highest BCUT2D eigenvalue weighted by Gasteiger charge is 2.21. The Morgan fingerprint density at radius 1 is 1.47 bits per heavy atom. The molecule has 0 bridgehead atoms. The number of carbonyl (C=O) groups excluding carboxylic acids is 1. The molecule has 1 amide bonds.